The number of hydrogen-bond acceptors (Lipinski definition) is 4. The van der Waals surface area contributed by atoms with E-state index in [0.29, 0.717) is 36.7 Å². The first-order chi connectivity index (χ1) is 14.0. The molecule has 0 fully saturated rings. The van der Waals surface area contributed by atoms with E-state index >= 15 is 0 Å². The summed E-state index contributed by atoms with van der Waals surface area (Å²) in [5.74, 6) is -0.428. The van der Waals surface area contributed by atoms with Crippen molar-refractivity contribution in [2.75, 3.05) is 6.61 Å². The van der Waals surface area contributed by atoms with Gasteiger partial charge in [-0.1, -0.05) is 29.8 Å². The first kappa shape index (κ1) is 19.2. The minimum absolute atomic E-state index is 0.288. The van der Waals surface area contributed by atoms with Gasteiger partial charge in [-0.05, 0) is 54.3 Å². The number of fused-ring (bicyclic) bond motifs is 1. The summed E-state index contributed by atoms with van der Waals surface area (Å²) in [6.07, 6.45) is 2.07. The average Bonchev–Trinajstić information content (AvgIpc) is 3.18. The summed E-state index contributed by atoms with van der Waals surface area (Å²) >= 11 is 6.18. The van der Waals surface area contributed by atoms with Gasteiger partial charge in [0.15, 0.2) is 0 Å². The number of aryl methyl sites for hydroxylation is 2. The molecule has 1 N–H and O–H groups in total. The van der Waals surface area contributed by atoms with Gasteiger partial charge in [-0.25, -0.2) is 9.48 Å². The Labute approximate surface area is 172 Å². The topological polar surface area (TPSA) is 81.4 Å². The molecule has 2 aromatic carbocycles. The highest BCUT2D eigenvalue weighted by Gasteiger charge is 2.18. The normalized spacial score (nSPS) is 12.4. The minimum Gasteiger partial charge on any atom is -0.493 e. The summed E-state index contributed by atoms with van der Waals surface area (Å²) in [7, 11) is 0. The van der Waals surface area contributed by atoms with Gasteiger partial charge in [0, 0.05) is 23.6 Å². The Morgan fingerprint density at radius 2 is 2.03 bits per heavy atom. The highest BCUT2D eigenvalue weighted by Crippen LogP contribution is 2.29. The maximum Gasteiger partial charge on any atom is 0.341 e. The average molecular weight is 411 g/mol. The lowest BCUT2D eigenvalue weighted by atomic mass is 10.0. The number of nitrogens with zero attached hydrogens (tertiary/aromatic N) is 2. The number of carbonyl (C=O) groups is 1. The van der Waals surface area contributed by atoms with Gasteiger partial charge in [-0.3, -0.25) is 4.79 Å². The summed E-state index contributed by atoms with van der Waals surface area (Å²) < 4.78 is 6.75. The number of carboxylic acids is 1. The van der Waals surface area contributed by atoms with E-state index in [9.17, 15) is 14.7 Å². The molecular weight excluding hydrogens is 392 g/mol. The van der Waals surface area contributed by atoms with Crippen LogP contribution >= 0.6 is 11.6 Å². The quantitative estimate of drug-likeness (QED) is 0.667. The lowest BCUT2D eigenvalue weighted by Gasteiger charge is -2.10. The van der Waals surface area contributed by atoms with Crippen LogP contribution in [0.1, 0.15) is 27.9 Å². The summed E-state index contributed by atoms with van der Waals surface area (Å²) in [4.78, 5) is 24.2. The predicted octanol–water partition coefficient (Wildman–Crippen LogP) is 3.83. The lowest BCUT2D eigenvalue weighted by molar-refractivity contribution is 0.0693. The molecule has 148 valence electrons. The fourth-order valence-electron chi connectivity index (χ4n) is 3.45. The largest absolute Gasteiger partial charge is 0.493 e. The highest BCUT2D eigenvalue weighted by atomic mass is 35.5. The van der Waals surface area contributed by atoms with Gasteiger partial charge in [0.05, 0.1) is 12.3 Å². The number of ether oxygens (including phenoxy) is 1. The van der Waals surface area contributed by atoms with E-state index in [0.717, 1.165) is 28.9 Å². The number of carboxylic acid groups (broad SMARTS) is 1. The van der Waals surface area contributed by atoms with Crippen LogP contribution in [0.2, 0.25) is 5.02 Å². The number of hydrogen-bond donors (Lipinski definition) is 1. The number of halogens is 1. The Bertz CT molecular complexity index is 1140. The fraction of sp³-hybridized carbons (Fsp3) is 0.227. The van der Waals surface area contributed by atoms with Gasteiger partial charge >= 0.3 is 5.97 Å². The van der Waals surface area contributed by atoms with E-state index in [4.69, 9.17) is 16.3 Å². The monoisotopic (exact) mass is 410 g/mol. The first-order valence-electron chi connectivity index (χ1n) is 9.38. The van der Waals surface area contributed by atoms with Crippen LogP contribution in [-0.4, -0.2) is 27.5 Å². The van der Waals surface area contributed by atoms with Gasteiger partial charge in [0.1, 0.15) is 11.3 Å². The summed E-state index contributed by atoms with van der Waals surface area (Å²) in [6.45, 7) is 0.931. The van der Waals surface area contributed by atoms with Crippen LogP contribution in [0, 0.1) is 0 Å². The van der Waals surface area contributed by atoms with E-state index in [2.05, 4.69) is 5.10 Å². The van der Waals surface area contributed by atoms with Crippen molar-refractivity contribution in [1.82, 2.24) is 9.78 Å². The second-order valence-electron chi connectivity index (χ2n) is 6.89. The summed E-state index contributed by atoms with van der Waals surface area (Å²) in [6, 6.07) is 14.5. The molecule has 7 heteroatoms. The number of aromatic carboxylic acids is 1. The van der Waals surface area contributed by atoms with Crippen molar-refractivity contribution in [2.24, 2.45) is 0 Å². The number of rotatable bonds is 6. The van der Waals surface area contributed by atoms with Crippen LogP contribution in [0.15, 0.2) is 53.3 Å². The van der Waals surface area contributed by atoms with Crippen LogP contribution in [0.3, 0.4) is 0 Å². The zero-order valence-corrected chi connectivity index (χ0v) is 16.4. The molecule has 0 unspecified atom stereocenters. The number of benzene rings is 2. The molecule has 0 aliphatic carbocycles. The Morgan fingerprint density at radius 1 is 1.21 bits per heavy atom. The van der Waals surface area contributed by atoms with E-state index in [1.807, 2.05) is 42.5 Å². The van der Waals surface area contributed by atoms with Crippen LogP contribution in [0.4, 0.5) is 0 Å². The molecule has 0 radical (unpaired) electrons. The molecule has 0 saturated heterocycles. The van der Waals surface area contributed by atoms with E-state index in [1.54, 1.807) is 0 Å². The zero-order chi connectivity index (χ0) is 20.4. The summed E-state index contributed by atoms with van der Waals surface area (Å²) in [5, 5.41) is 14.6. The maximum atomic E-state index is 12.6. The third-order valence-corrected chi connectivity index (χ3v) is 5.33. The van der Waals surface area contributed by atoms with E-state index < -0.39 is 11.5 Å². The highest BCUT2D eigenvalue weighted by molar-refractivity contribution is 6.31. The van der Waals surface area contributed by atoms with Gasteiger partial charge < -0.3 is 9.84 Å². The summed E-state index contributed by atoms with van der Waals surface area (Å²) in [5.41, 5.74) is 2.36. The Balaban J connectivity index is 1.64. The number of aromatic nitrogens is 2. The molecule has 1 aliphatic rings. The molecule has 0 bridgehead atoms. The fourth-order valence-corrected chi connectivity index (χ4v) is 3.68. The molecule has 0 spiro atoms. The first-order valence-corrected chi connectivity index (χ1v) is 9.75. The molecule has 2 heterocycles. The van der Waals surface area contributed by atoms with Crippen LogP contribution in [0.25, 0.3) is 11.3 Å². The molecule has 0 amide bonds. The van der Waals surface area contributed by atoms with Crippen molar-refractivity contribution >= 4 is 17.6 Å². The molecule has 0 atom stereocenters. The van der Waals surface area contributed by atoms with Gasteiger partial charge in [0.2, 0.25) is 0 Å². The maximum absolute atomic E-state index is 12.6. The molecule has 6 nitrogen and oxygen atoms in total. The molecule has 1 aliphatic heterocycles. The lowest BCUT2D eigenvalue weighted by Crippen LogP contribution is -2.29. The molecule has 4 rings (SSSR count). The van der Waals surface area contributed by atoms with Crippen molar-refractivity contribution in [3.05, 3.63) is 80.6 Å². The van der Waals surface area contributed by atoms with Crippen molar-refractivity contribution in [3.63, 3.8) is 0 Å². The van der Waals surface area contributed by atoms with Gasteiger partial charge in [-0.15, -0.1) is 0 Å². The second-order valence-corrected chi connectivity index (χ2v) is 7.30. The minimum atomic E-state index is -1.26. The van der Waals surface area contributed by atoms with Crippen LogP contribution < -0.4 is 10.3 Å². The smallest absolute Gasteiger partial charge is 0.341 e. The van der Waals surface area contributed by atoms with Crippen LogP contribution in [-0.2, 0) is 19.4 Å². The van der Waals surface area contributed by atoms with Crippen molar-refractivity contribution in [3.8, 4) is 17.0 Å². The third kappa shape index (κ3) is 4.03. The second kappa shape index (κ2) is 8.09. The van der Waals surface area contributed by atoms with Crippen molar-refractivity contribution < 1.29 is 14.6 Å². The van der Waals surface area contributed by atoms with E-state index in [-0.39, 0.29) is 5.56 Å². The molecule has 1 aromatic heterocycles. The van der Waals surface area contributed by atoms with Gasteiger partial charge in [-0.2, -0.15) is 5.10 Å². The molecule has 29 heavy (non-hydrogen) atoms. The van der Waals surface area contributed by atoms with Crippen molar-refractivity contribution in [2.45, 2.75) is 25.8 Å². The SMILES string of the molecule is O=C(O)c1cc(-c2ccc3c(c2)CCO3)nn(CCCc2ccccc2Cl)c1=O. The van der Waals surface area contributed by atoms with E-state index in [1.165, 1.54) is 10.7 Å². The Morgan fingerprint density at radius 3 is 2.83 bits per heavy atom. The predicted molar refractivity (Wildman–Crippen MR) is 110 cm³/mol. The molecule has 3 aromatic rings. The zero-order valence-electron chi connectivity index (χ0n) is 15.6. The third-order valence-electron chi connectivity index (χ3n) is 4.96. The molecular formula is C22H19ClN2O4. The Kier molecular flexibility index (Phi) is 5.36. The standard InChI is InChI=1S/C22H19ClN2O4/c23-18-6-2-1-4-14(18)5-3-10-25-21(26)17(22(27)28)13-19(24-25)15-7-8-20-16(12-15)9-11-29-20/h1-2,4,6-8,12-13H,3,5,9-11H2,(H,27,28). The Hall–Kier alpha value is -3.12. The van der Waals surface area contributed by atoms with Crippen LogP contribution in [0.5, 0.6) is 5.75 Å². The van der Waals surface area contributed by atoms with Gasteiger partial charge in [0.25, 0.3) is 5.56 Å². The molecule has 0 saturated carbocycles. The van der Waals surface area contributed by atoms with Crippen molar-refractivity contribution in [1.29, 1.82) is 0 Å².